The predicted octanol–water partition coefficient (Wildman–Crippen LogP) is 4.26. The standard InChI is InChI=1S/C13H16BrN3O.C2H6/c1-8-2-4-10(5-3-8)17-12-11(16-13(17)18)6-9(14)7-15-12;1-2/h6-8,10H,2-5H2,1H3,(H,16,18);1-2H3. The van der Waals surface area contributed by atoms with Gasteiger partial charge in [0.15, 0.2) is 5.65 Å². The molecule has 0 radical (unpaired) electrons. The molecule has 3 rings (SSSR count). The Kier molecular flexibility index (Phi) is 5.02. The highest BCUT2D eigenvalue weighted by molar-refractivity contribution is 9.10. The van der Waals surface area contributed by atoms with Gasteiger partial charge in [0.1, 0.15) is 0 Å². The SMILES string of the molecule is CC.CC1CCC(n2c(=O)[nH]c3cc(Br)cnc32)CC1. The normalized spacial score (nSPS) is 22.4. The van der Waals surface area contributed by atoms with Crippen LogP contribution in [0.2, 0.25) is 0 Å². The molecule has 0 saturated heterocycles. The Balaban J connectivity index is 0.000000704. The van der Waals surface area contributed by atoms with E-state index in [4.69, 9.17) is 0 Å². The fraction of sp³-hybridized carbons (Fsp3) is 0.600. The molecule has 1 fully saturated rings. The van der Waals surface area contributed by atoms with E-state index in [1.54, 1.807) is 6.20 Å². The first-order valence-corrected chi connectivity index (χ1v) is 8.20. The summed E-state index contributed by atoms with van der Waals surface area (Å²) in [7, 11) is 0. The van der Waals surface area contributed by atoms with Crippen LogP contribution in [0.1, 0.15) is 52.5 Å². The predicted molar refractivity (Wildman–Crippen MR) is 86.1 cm³/mol. The molecule has 2 aromatic rings. The molecule has 1 aliphatic carbocycles. The van der Waals surface area contributed by atoms with Crippen LogP contribution >= 0.6 is 15.9 Å². The maximum atomic E-state index is 12.1. The van der Waals surface area contributed by atoms with E-state index in [0.717, 1.165) is 34.4 Å². The van der Waals surface area contributed by atoms with Crippen molar-refractivity contribution >= 4 is 27.1 Å². The number of nitrogens with one attached hydrogen (secondary N) is 1. The summed E-state index contributed by atoms with van der Waals surface area (Å²) in [5.41, 5.74) is 1.56. The van der Waals surface area contributed by atoms with E-state index >= 15 is 0 Å². The van der Waals surface area contributed by atoms with Crippen LogP contribution in [0.5, 0.6) is 0 Å². The molecular formula is C15H22BrN3O. The Labute approximate surface area is 127 Å². The number of fused-ring (bicyclic) bond motifs is 1. The van der Waals surface area contributed by atoms with Crippen LogP contribution in [0.3, 0.4) is 0 Å². The Morgan fingerprint density at radius 2 is 1.95 bits per heavy atom. The zero-order valence-corrected chi connectivity index (χ0v) is 13.9. The zero-order chi connectivity index (χ0) is 14.7. The lowest BCUT2D eigenvalue weighted by Gasteiger charge is -2.26. The molecule has 0 spiro atoms. The molecule has 1 N–H and O–H groups in total. The highest BCUT2D eigenvalue weighted by Crippen LogP contribution is 2.32. The second kappa shape index (κ2) is 6.57. The molecule has 1 aliphatic rings. The number of hydrogen-bond donors (Lipinski definition) is 1. The van der Waals surface area contributed by atoms with Crippen molar-refractivity contribution in [3.63, 3.8) is 0 Å². The Morgan fingerprint density at radius 3 is 2.60 bits per heavy atom. The third kappa shape index (κ3) is 2.97. The van der Waals surface area contributed by atoms with Crippen molar-refractivity contribution < 1.29 is 0 Å². The summed E-state index contributed by atoms with van der Waals surface area (Å²) in [4.78, 5) is 19.4. The van der Waals surface area contributed by atoms with Crippen molar-refractivity contribution in [1.29, 1.82) is 0 Å². The first-order valence-electron chi connectivity index (χ1n) is 7.41. The quantitative estimate of drug-likeness (QED) is 0.843. The lowest BCUT2D eigenvalue weighted by molar-refractivity contribution is 0.289. The van der Waals surface area contributed by atoms with Crippen molar-refractivity contribution in [3.05, 3.63) is 27.2 Å². The summed E-state index contributed by atoms with van der Waals surface area (Å²) in [6, 6.07) is 2.21. The molecule has 0 amide bonds. The van der Waals surface area contributed by atoms with E-state index in [1.807, 2.05) is 24.5 Å². The van der Waals surface area contributed by atoms with Gasteiger partial charge in [-0.3, -0.25) is 4.57 Å². The number of H-pyrrole nitrogens is 1. The lowest BCUT2D eigenvalue weighted by Crippen LogP contribution is -2.25. The lowest BCUT2D eigenvalue weighted by atomic mass is 9.87. The van der Waals surface area contributed by atoms with Gasteiger partial charge < -0.3 is 4.98 Å². The number of aromatic amines is 1. The van der Waals surface area contributed by atoms with E-state index < -0.39 is 0 Å². The van der Waals surface area contributed by atoms with Gasteiger partial charge in [0.2, 0.25) is 0 Å². The van der Waals surface area contributed by atoms with Crippen molar-refractivity contribution in [3.8, 4) is 0 Å². The summed E-state index contributed by atoms with van der Waals surface area (Å²) in [5.74, 6) is 0.782. The first-order chi connectivity index (χ1) is 9.65. The smallest absolute Gasteiger partial charge is 0.304 e. The molecule has 2 aromatic heterocycles. The van der Waals surface area contributed by atoms with E-state index in [-0.39, 0.29) is 5.69 Å². The molecule has 0 unspecified atom stereocenters. The molecule has 0 aromatic carbocycles. The van der Waals surface area contributed by atoms with Crippen molar-refractivity contribution in [2.24, 2.45) is 5.92 Å². The topological polar surface area (TPSA) is 50.7 Å². The van der Waals surface area contributed by atoms with Crippen LogP contribution in [-0.4, -0.2) is 14.5 Å². The van der Waals surface area contributed by atoms with Gasteiger partial charge in [-0.1, -0.05) is 20.8 Å². The zero-order valence-electron chi connectivity index (χ0n) is 12.3. The van der Waals surface area contributed by atoms with Gasteiger partial charge in [-0.2, -0.15) is 0 Å². The summed E-state index contributed by atoms with van der Waals surface area (Å²) in [6.45, 7) is 6.28. The van der Waals surface area contributed by atoms with Crippen molar-refractivity contribution in [1.82, 2.24) is 14.5 Å². The van der Waals surface area contributed by atoms with Gasteiger partial charge in [0, 0.05) is 16.7 Å². The Bertz CT molecular complexity index is 624. The minimum Gasteiger partial charge on any atom is -0.304 e. The minimum atomic E-state index is -0.0323. The number of rotatable bonds is 1. The molecule has 2 heterocycles. The molecule has 20 heavy (non-hydrogen) atoms. The fourth-order valence-electron chi connectivity index (χ4n) is 2.83. The minimum absolute atomic E-state index is 0.0323. The van der Waals surface area contributed by atoms with Crippen LogP contribution in [0, 0.1) is 5.92 Å². The molecule has 0 atom stereocenters. The number of imidazole rings is 1. The molecule has 5 heteroatoms. The average molecular weight is 340 g/mol. The summed E-state index contributed by atoms with van der Waals surface area (Å²) in [5, 5.41) is 0. The summed E-state index contributed by atoms with van der Waals surface area (Å²) >= 11 is 3.38. The van der Waals surface area contributed by atoms with Gasteiger partial charge >= 0.3 is 5.69 Å². The summed E-state index contributed by atoms with van der Waals surface area (Å²) < 4.78 is 2.73. The molecular weight excluding hydrogens is 318 g/mol. The number of halogens is 1. The third-order valence-corrected chi connectivity index (χ3v) is 4.31. The van der Waals surface area contributed by atoms with Crippen molar-refractivity contribution in [2.45, 2.75) is 52.5 Å². The maximum Gasteiger partial charge on any atom is 0.327 e. The van der Waals surface area contributed by atoms with E-state index in [2.05, 4.69) is 32.8 Å². The number of hydrogen-bond acceptors (Lipinski definition) is 2. The highest BCUT2D eigenvalue weighted by Gasteiger charge is 2.23. The van der Waals surface area contributed by atoms with Gasteiger partial charge in [0.25, 0.3) is 0 Å². The largest absolute Gasteiger partial charge is 0.327 e. The third-order valence-electron chi connectivity index (χ3n) is 3.87. The number of aromatic nitrogens is 3. The highest BCUT2D eigenvalue weighted by atomic mass is 79.9. The van der Waals surface area contributed by atoms with E-state index in [0.29, 0.717) is 6.04 Å². The second-order valence-corrected chi connectivity index (χ2v) is 6.15. The Hall–Kier alpha value is -1.10. The molecule has 0 aliphatic heterocycles. The van der Waals surface area contributed by atoms with E-state index in [9.17, 15) is 4.79 Å². The number of pyridine rings is 1. The van der Waals surface area contributed by atoms with Gasteiger partial charge in [-0.05, 0) is 53.6 Å². The van der Waals surface area contributed by atoms with Crippen molar-refractivity contribution in [2.75, 3.05) is 0 Å². The van der Waals surface area contributed by atoms with Crippen LogP contribution < -0.4 is 5.69 Å². The summed E-state index contributed by atoms with van der Waals surface area (Å²) in [6.07, 6.45) is 6.29. The van der Waals surface area contributed by atoms with Gasteiger partial charge in [-0.25, -0.2) is 9.78 Å². The monoisotopic (exact) mass is 339 g/mol. The molecule has 110 valence electrons. The second-order valence-electron chi connectivity index (χ2n) is 5.24. The van der Waals surface area contributed by atoms with Gasteiger partial charge in [-0.15, -0.1) is 0 Å². The molecule has 1 saturated carbocycles. The van der Waals surface area contributed by atoms with Crippen LogP contribution in [-0.2, 0) is 0 Å². The first kappa shape index (κ1) is 15.3. The average Bonchev–Trinajstić information content (AvgIpc) is 2.77. The van der Waals surface area contributed by atoms with E-state index in [1.165, 1.54) is 12.8 Å². The maximum absolute atomic E-state index is 12.1. The van der Waals surface area contributed by atoms with Gasteiger partial charge in [0.05, 0.1) is 5.52 Å². The van der Waals surface area contributed by atoms with Crippen LogP contribution in [0.25, 0.3) is 11.2 Å². The molecule has 4 nitrogen and oxygen atoms in total. The van der Waals surface area contributed by atoms with Crippen LogP contribution in [0.4, 0.5) is 0 Å². The molecule has 0 bridgehead atoms. The number of nitrogens with zero attached hydrogens (tertiary/aromatic N) is 2. The van der Waals surface area contributed by atoms with Crippen LogP contribution in [0.15, 0.2) is 21.5 Å². The fourth-order valence-corrected chi connectivity index (χ4v) is 3.16. The Morgan fingerprint density at radius 1 is 1.30 bits per heavy atom.